The Balaban J connectivity index is 2.03. The van der Waals surface area contributed by atoms with Crippen LogP contribution in [0, 0.1) is 17.7 Å². The molecule has 0 bridgehead atoms. The molecule has 0 aromatic heterocycles. The van der Waals surface area contributed by atoms with Gasteiger partial charge in [0.2, 0.25) is 0 Å². The molecule has 98 valence electrons. The molecule has 1 fully saturated rings. The van der Waals surface area contributed by atoms with E-state index in [1.807, 2.05) is 6.92 Å². The number of nitrogens with zero attached hydrogens (tertiary/aromatic N) is 1. The van der Waals surface area contributed by atoms with Crippen LogP contribution in [0.1, 0.15) is 12.5 Å². The van der Waals surface area contributed by atoms with Gasteiger partial charge in [-0.25, -0.2) is 4.39 Å². The van der Waals surface area contributed by atoms with Crippen molar-refractivity contribution in [3.8, 4) is 0 Å². The molecule has 1 aromatic carbocycles. The number of hydrogen-bond acceptors (Lipinski definition) is 2. The molecule has 0 unspecified atom stereocenters. The van der Waals surface area contributed by atoms with E-state index in [1.165, 1.54) is 6.07 Å². The van der Waals surface area contributed by atoms with Gasteiger partial charge in [0.05, 0.1) is 10.4 Å². The van der Waals surface area contributed by atoms with Crippen LogP contribution in [-0.2, 0) is 11.3 Å². The molecule has 0 saturated carbocycles. The van der Waals surface area contributed by atoms with Crippen LogP contribution in [0.15, 0.2) is 22.7 Å². The third kappa shape index (κ3) is 2.90. The minimum absolute atomic E-state index is 0.159. The molecule has 1 N–H and O–H groups in total. The minimum atomic E-state index is -0.731. The number of likely N-dealkylation sites (tertiary alicyclic amines) is 1. The maximum atomic E-state index is 13.1. The lowest BCUT2D eigenvalue weighted by atomic mass is 9.99. The topological polar surface area (TPSA) is 40.5 Å². The van der Waals surface area contributed by atoms with Gasteiger partial charge in [0, 0.05) is 19.6 Å². The van der Waals surface area contributed by atoms with Crippen molar-refractivity contribution in [3.05, 3.63) is 34.1 Å². The minimum Gasteiger partial charge on any atom is -0.481 e. The summed E-state index contributed by atoms with van der Waals surface area (Å²) < 4.78 is 13.6. The van der Waals surface area contributed by atoms with Crippen LogP contribution >= 0.6 is 15.9 Å². The lowest BCUT2D eigenvalue weighted by Gasteiger charge is -2.15. The highest BCUT2D eigenvalue weighted by Gasteiger charge is 2.34. The second-order valence-corrected chi connectivity index (χ2v) is 5.72. The molecule has 1 aromatic rings. The lowest BCUT2D eigenvalue weighted by molar-refractivity contribution is -0.142. The predicted octanol–water partition coefficient (Wildman–Crippen LogP) is 2.74. The molecule has 5 heteroatoms. The summed E-state index contributed by atoms with van der Waals surface area (Å²) >= 11 is 3.15. The van der Waals surface area contributed by atoms with Gasteiger partial charge < -0.3 is 5.11 Å². The van der Waals surface area contributed by atoms with Gasteiger partial charge >= 0.3 is 5.97 Å². The third-order valence-electron chi connectivity index (χ3n) is 3.40. The molecular formula is C13H15BrFNO2. The van der Waals surface area contributed by atoms with Crippen molar-refractivity contribution < 1.29 is 14.3 Å². The second-order valence-electron chi connectivity index (χ2n) is 4.86. The zero-order valence-corrected chi connectivity index (χ0v) is 11.7. The summed E-state index contributed by atoms with van der Waals surface area (Å²) in [7, 11) is 0. The van der Waals surface area contributed by atoms with Crippen LogP contribution in [-0.4, -0.2) is 29.1 Å². The first-order valence-electron chi connectivity index (χ1n) is 5.86. The van der Waals surface area contributed by atoms with Crippen molar-refractivity contribution in [1.82, 2.24) is 4.90 Å². The molecule has 3 nitrogen and oxygen atoms in total. The van der Waals surface area contributed by atoms with E-state index in [1.54, 1.807) is 12.1 Å². The normalized spacial score (nSPS) is 24.4. The Morgan fingerprint density at radius 1 is 1.56 bits per heavy atom. The average molecular weight is 316 g/mol. The maximum Gasteiger partial charge on any atom is 0.308 e. The smallest absolute Gasteiger partial charge is 0.308 e. The third-order valence-corrected chi connectivity index (χ3v) is 4.00. The quantitative estimate of drug-likeness (QED) is 0.932. The molecule has 1 aliphatic heterocycles. The molecule has 18 heavy (non-hydrogen) atoms. The van der Waals surface area contributed by atoms with Gasteiger partial charge in [0.1, 0.15) is 5.82 Å². The van der Waals surface area contributed by atoms with Crippen molar-refractivity contribution in [2.45, 2.75) is 13.5 Å². The van der Waals surface area contributed by atoms with E-state index in [2.05, 4.69) is 20.8 Å². The fourth-order valence-electron chi connectivity index (χ4n) is 2.41. The van der Waals surface area contributed by atoms with Crippen LogP contribution in [0.5, 0.6) is 0 Å². The fraction of sp³-hybridized carbons (Fsp3) is 0.462. The van der Waals surface area contributed by atoms with E-state index < -0.39 is 5.97 Å². The van der Waals surface area contributed by atoms with Gasteiger partial charge in [0.25, 0.3) is 0 Å². The summed E-state index contributed by atoms with van der Waals surface area (Å²) in [6, 6.07) is 4.90. The summed E-state index contributed by atoms with van der Waals surface area (Å²) in [5.41, 5.74) is 0.988. The van der Waals surface area contributed by atoms with E-state index in [4.69, 9.17) is 5.11 Å². The standard InChI is InChI=1S/C13H15BrFNO2/c1-8-5-16(7-10(8)13(17)18)6-9-2-3-12(15)11(14)4-9/h2-4,8,10H,5-7H2,1H3,(H,17,18)/t8-,10-/m1/s1. The molecule has 0 amide bonds. The molecular weight excluding hydrogens is 301 g/mol. The molecule has 0 aliphatic carbocycles. The molecule has 1 saturated heterocycles. The van der Waals surface area contributed by atoms with Gasteiger partial charge in [-0.05, 0) is 39.5 Å². The number of aliphatic carboxylic acids is 1. The van der Waals surface area contributed by atoms with Gasteiger partial charge in [-0.3, -0.25) is 9.69 Å². The SMILES string of the molecule is C[C@@H]1CN(Cc2ccc(F)c(Br)c2)C[C@H]1C(=O)O. The average Bonchev–Trinajstić information content (AvgIpc) is 2.65. The van der Waals surface area contributed by atoms with Crippen molar-refractivity contribution in [2.75, 3.05) is 13.1 Å². The summed E-state index contributed by atoms with van der Waals surface area (Å²) in [6.07, 6.45) is 0. The number of halogens is 2. The molecule has 0 radical (unpaired) electrons. The monoisotopic (exact) mass is 315 g/mol. The highest BCUT2D eigenvalue weighted by Crippen LogP contribution is 2.25. The van der Waals surface area contributed by atoms with Crippen LogP contribution in [0.25, 0.3) is 0 Å². The Morgan fingerprint density at radius 3 is 2.83 bits per heavy atom. The Hall–Kier alpha value is -0.940. The van der Waals surface area contributed by atoms with Crippen molar-refractivity contribution in [2.24, 2.45) is 11.8 Å². The van der Waals surface area contributed by atoms with E-state index in [-0.39, 0.29) is 17.7 Å². The highest BCUT2D eigenvalue weighted by molar-refractivity contribution is 9.10. The first-order chi connectivity index (χ1) is 8.47. The van der Waals surface area contributed by atoms with Gasteiger partial charge in [-0.15, -0.1) is 0 Å². The predicted molar refractivity (Wildman–Crippen MR) is 69.7 cm³/mol. The molecule has 1 heterocycles. The summed E-state index contributed by atoms with van der Waals surface area (Å²) in [5, 5.41) is 9.06. The maximum absolute atomic E-state index is 13.1. The lowest BCUT2D eigenvalue weighted by Crippen LogP contribution is -2.23. The molecule has 1 aliphatic rings. The largest absolute Gasteiger partial charge is 0.481 e. The fourth-order valence-corrected chi connectivity index (χ4v) is 2.84. The number of carbonyl (C=O) groups is 1. The van der Waals surface area contributed by atoms with Gasteiger partial charge in [0.15, 0.2) is 0 Å². The van der Waals surface area contributed by atoms with Crippen molar-refractivity contribution >= 4 is 21.9 Å². The summed E-state index contributed by atoms with van der Waals surface area (Å²) in [4.78, 5) is 13.1. The molecule has 2 rings (SSSR count). The first-order valence-corrected chi connectivity index (χ1v) is 6.65. The van der Waals surface area contributed by atoms with Gasteiger partial charge in [-0.1, -0.05) is 13.0 Å². The summed E-state index contributed by atoms with van der Waals surface area (Å²) in [6.45, 7) is 3.95. The number of benzene rings is 1. The number of hydrogen-bond donors (Lipinski definition) is 1. The molecule has 2 atom stereocenters. The van der Waals surface area contributed by atoms with Crippen molar-refractivity contribution in [1.29, 1.82) is 0 Å². The summed E-state index contributed by atoms with van der Waals surface area (Å²) in [5.74, 6) is -1.15. The second kappa shape index (κ2) is 5.36. The van der Waals surface area contributed by atoms with E-state index in [0.717, 1.165) is 12.1 Å². The van der Waals surface area contributed by atoms with Crippen molar-refractivity contribution in [3.63, 3.8) is 0 Å². The zero-order chi connectivity index (χ0) is 13.3. The van der Waals surface area contributed by atoms with Crippen LogP contribution in [0.2, 0.25) is 0 Å². The Labute approximate surface area is 114 Å². The Kier molecular flexibility index (Phi) is 4.02. The highest BCUT2D eigenvalue weighted by atomic mass is 79.9. The molecule has 0 spiro atoms. The Morgan fingerprint density at radius 2 is 2.28 bits per heavy atom. The van der Waals surface area contributed by atoms with Crippen LogP contribution in [0.3, 0.4) is 0 Å². The van der Waals surface area contributed by atoms with E-state index >= 15 is 0 Å². The number of rotatable bonds is 3. The van der Waals surface area contributed by atoms with E-state index in [0.29, 0.717) is 17.6 Å². The first kappa shape index (κ1) is 13.5. The number of carboxylic acid groups (broad SMARTS) is 1. The number of carboxylic acids is 1. The zero-order valence-electron chi connectivity index (χ0n) is 10.1. The van der Waals surface area contributed by atoms with E-state index in [9.17, 15) is 9.18 Å². The van der Waals surface area contributed by atoms with Crippen LogP contribution in [0.4, 0.5) is 4.39 Å². The Bertz CT molecular complexity index is 466. The van der Waals surface area contributed by atoms with Gasteiger partial charge in [-0.2, -0.15) is 0 Å². The van der Waals surface area contributed by atoms with Crippen LogP contribution < -0.4 is 0 Å².